The third-order valence-electron chi connectivity index (χ3n) is 5.41. The lowest BCUT2D eigenvalue weighted by atomic mass is 9.99. The summed E-state index contributed by atoms with van der Waals surface area (Å²) >= 11 is 0. The summed E-state index contributed by atoms with van der Waals surface area (Å²) in [5.41, 5.74) is 0. The van der Waals surface area contributed by atoms with Crippen molar-refractivity contribution in [3.05, 3.63) is 12.2 Å². The van der Waals surface area contributed by atoms with E-state index < -0.39 is 18.3 Å². The molecular weight excluding hydrogens is 338 g/mol. The SMILES string of the molecule is CCC/C=C/[C@@H]1NC(=O)O[C@@H]1[C@@H](O)CCCCCCCCCCCCCC. The number of carbonyl (C=O) groups is 1. The maximum Gasteiger partial charge on any atom is 0.408 e. The molecule has 1 fully saturated rings. The molecule has 1 rings (SSSR count). The minimum atomic E-state index is -0.580. The van der Waals surface area contributed by atoms with Gasteiger partial charge in [0.05, 0.1) is 12.1 Å². The lowest BCUT2D eigenvalue weighted by molar-refractivity contribution is 0.0186. The van der Waals surface area contributed by atoms with Crippen LogP contribution in [0.15, 0.2) is 12.2 Å². The van der Waals surface area contributed by atoms with E-state index in [1.165, 1.54) is 64.2 Å². The number of rotatable bonds is 17. The van der Waals surface area contributed by atoms with E-state index in [9.17, 15) is 9.90 Å². The molecule has 0 radical (unpaired) electrons. The van der Waals surface area contributed by atoms with Gasteiger partial charge < -0.3 is 15.2 Å². The molecule has 0 aromatic heterocycles. The summed E-state index contributed by atoms with van der Waals surface area (Å²) in [4.78, 5) is 11.5. The molecule has 27 heavy (non-hydrogen) atoms. The Balaban J connectivity index is 2.03. The number of cyclic esters (lactones) is 1. The molecule has 0 aromatic carbocycles. The van der Waals surface area contributed by atoms with Gasteiger partial charge in [0.25, 0.3) is 0 Å². The van der Waals surface area contributed by atoms with Gasteiger partial charge in [-0.1, -0.05) is 109 Å². The largest absolute Gasteiger partial charge is 0.441 e. The molecule has 0 saturated carbocycles. The maximum absolute atomic E-state index is 11.5. The van der Waals surface area contributed by atoms with Crippen LogP contribution in [-0.4, -0.2) is 29.4 Å². The third kappa shape index (κ3) is 11.4. The van der Waals surface area contributed by atoms with Crippen LogP contribution in [0.3, 0.4) is 0 Å². The van der Waals surface area contributed by atoms with Gasteiger partial charge in [-0.3, -0.25) is 0 Å². The molecule has 4 heteroatoms. The van der Waals surface area contributed by atoms with Crippen molar-refractivity contribution in [3.8, 4) is 0 Å². The summed E-state index contributed by atoms with van der Waals surface area (Å²) in [7, 11) is 0. The molecule has 1 aliphatic rings. The predicted octanol–water partition coefficient (Wildman–Crippen LogP) is 6.27. The van der Waals surface area contributed by atoms with Crippen LogP contribution in [0, 0.1) is 0 Å². The normalized spacial score (nSPS) is 20.8. The molecule has 1 aliphatic heterocycles. The van der Waals surface area contributed by atoms with E-state index >= 15 is 0 Å². The molecule has 1 saturated heterocycles. The molecule has 0 aromatic rings. The van der Waals surface area contributed by atoms with Crippen molar-refractivity contribution < 1.29 is 14.6 Å². The second-order valence-electron chi connectivity index (χ2n) is 8.00. The number of hydrogen-bond donors (Lipinski definition) is 2. The molecule has 0 bridgehead atoms. The molecule has 4 nitrogen and oxygen atoms in total. The van der Waals surface area contributed by atoms with Gasteiger partial charge in [0.15, 0.2) is 6.10 Å². The Hall–Kier alpha value is -1.03. The van der Waals surface area contributed by atoms with Crippen molar-refractivity contribution in [2.24, 2.45) is 0 Å². The topological polar surface area (TPSA) is 58.6 Å². The fourth-order valence-corrected chi connectivity index (χ4v) is 3.69. The van der Waals surface area contributed by atoms with E-state index in [0.717, 1.165) is 25.7 Å². The fraction of sp³-hybridized carbons (Fsp3) is 0.870. The fourth-order valence-electron chi connectivity index (χ4n) is 3.69. The highest BCUT2D eigenvalue weighted by Crippen LogP contribution is 2.19. The van der Waals surface area contributed by atoms with Crippen LogP contribution in [0.5, 0.6) is 0 Å². The van der Waals surface area contributed by atoms with Gasteiger partial charge in [-0.05, 0) is 12.8 Å². The molecule has 1 heterocycles. The van der Waals surface area contributed by atoms with E-state index in [0.29, 0.717) is 6.42 Å². The van der Waals surface area contributed by atoms with E-state index in [1.54, 1.807) is 0 Å². The minimum absolute atomic E-state index is 0.198. The summed E-state index contributed by atoms with van der Waals surface area (Å²) < 4.78 is 5.27. The monoisotopic (exact) mass is 381 g/mol. The average Bonchev–Trinajstić information content (AvgIpc) is 3.03. The first kappa shape index (κ1) is 24.0. The van der Waals surface area contributed by atoms with Crippen molar-refractivity contribution in [1.29, 1.82) is 0 Å². The number of unbranched alkanes of at least 4 members (excludes halogenated alkanes) is 12. The Morgan fingerprint density at radius 2 is 1.48 bits per heavy atom. The zero-order chi connectivity index (χ0) is 19.7. The van der Waals surface area contributed by atoms with Crippen LogP contribution in [0.4, 0.5) is 4.79 Å². The number of alkyl carbamates (subject to hydrolysis) is 1. The summed E-state index contributed by atoms with van der Waals surface area (Å²) in [5.74, 6) is 0. The summed E-state index contributed by atoms with van der Waals surface area (Å²) in [6.07, 6.45) is 21.0. The van der Waals surface area contributed by atoms with Gasteiger partial charge in [-0.15, -0.1) is 0 Å². The number of carbonyl (C=O) groups excluding carboxylic acids is 1. The first-order chi connectivity index (χ1) is 13.2. The van der Waals surface area contributed by atoms with Crippen LogP contribution in [0.1, 0.15) is 110 Å². The van der Waals surface area contributed by atoms with Gasteiger partial charge in [-0.2, -0.15) is 0 Å². The number of nitrogens with one attached hydrogen (secondary N) is 1. The van der Waals surface area contributed by atoms with Crippen LogP contribution < -0.4 is 5.32 Å². The van der Waals surface area contributed by atoms with Crippen molar-refractivity contribution in [2.75, 3.05) is 0 Å². The number of amides is 1. The molecule has 0 unspecified atom stereocenters. The van der Waals surface area contributed by atoms with Gasteiger partial charge >= 0.3 is 6.09 Å². The summed E-state index contributed by atoms with van der Waals surface area (Å²) in [6.45, 7) is 4.38. The molecular formula is C23H43NO3. The first-order valence-corrected chi connectivity index (χ1v) is 11.5. The van der Waals surface area contributed by atoms with Crippen molar-refractivity contribution in [3.63, 3.8) is 0 Å². The second kappa shape index (κ2) is 16.0. The molecule has 0 spiro atoms. The van der Waals surface area contributed by atoms with Gasteiger partial charge in [-0.25, -0.2) is 4.79 Å². The maximum atomic E-state index is 11.5. The smallest absolute Gasteiger partial charge is 0.408 e. The number of ether oxygens (including phenoxy) is 1. The number of allylic oxidation sites excluding steroid dienone is 1. The Morgan fingerprint density at radius 1 is 0.926 bits per heavy atom. The zero-order valence-corrected chi connectivity index (χ0v) is 17.8. The van der Waals surface area contributed by atoms with E-state index in [-0.39, 0.29) is 6.04 Å². The Bertz CT molecular complexity index is 397. The highest BCUT2D eigenvalue weighted by Gasteiger charge is 2.37. The van der Waals surface area contributed by atoms with Crippen LogP contribution in [-0.2, 0) is 4.74 Å². The Morgan fingerprint density at radius 3 is 2.04 bits per heavy atom. The van der Waals surface area contributed by atoms with E-state index in [1.807, 2.05) is 6.08 Å². The van der Waals surface area contributed by atoms with E-state index in [2.05, 4.69) is 25.2 Å². The summed E-state index contributed by atoms with van der Waals surface area (Å²) in [5, 5.41) is 13.2. The van der Waals surface area contributed by atoms with Crippen molar-refractivity contribution in [1.82, 2.24) is 5.32 Å². The number of hydrogen-bond acceptors (Lipinski definition) is 3. The lowest BCUT2D eigenvalue weighted by Crippen LogP contribution is -2.37. The molecule has 1 amide bonds. The summed E-state index contributed by atoms with van der Waals surface area (Å²) in [6, 6.07) is -0.198. The minimum Gasteiger partial charge on any atom is -0.441 e. The van der Waals surface area contributed by atoms with Crippen molar-refractivity contribution >= 4 is 6.09 Å². The standard InChI is InChI=1S/C23H43NO3/c1-3-5-7-8-9-10-11-12-13-14-15-17-19-21(25)22-20(18-16-6-4-2)24-23(26)27-22/h16,18,20-22,25H,3-15,17,19H2,1-2H3,(H,24,26)/b18-16+/t20-,21-,22-/m0/s1. The van der Waals surface area contributed by atoms with Crippen LogP contribution >= 0.6 is 0 Å². The quantitative estimate of drug-likeness (QED) is 0.230. The predicted molar refractivity (Wildman–Crippen MR) is 113 cm³/mol. The Labute approximate surface area is 167 Å². The Kier molecular flexibility index (Phi) is 14.2. The van der Waals surface area contributed by atoms with E-state index in [4.69, 9.17) is 4.74 Å². The van der Waals surface area contributed by atoms with Gasteiger partial charge in [0.2, 0.25) is 0 Å². The number of aliphatic hydroxyl groups excluding tert-OH is 1. The second-order valence-corrected chi connectivity index (χ2v) is 8.00. The van der Waals surface area contributed by atoms with Gasteiger partial charge in [0, 0.05) is 0 Å². The first-order valence-electron chi connectivity index (χ1n) is 11.5. The third-order valence-corrected chi connectivity index (χ3v) is 5.41. The molecule has 0 aliphatic carbocycles. The highest BCUT2D eigenvalue weighted by molar-refractivity contribution is 5.70. The molecule has 2 N–H and O–H groups in total. The lowest BCUT2D eigenvalue weighted by Gasteiger charge is -2.20. The highest BCUT2D eigenvalue weighted by atomic mass is 16.6. The van der Waals surface area contributed by atoms with Gasteiger partial charge in [0.1, 0.15) is 0 Å². The van der Waals surface area contributed by atoms with Crippen molar-refractivity contribution in [2.45, 2.75) is 128 Å². The molecule has 3 atom stereocenters. The zero-order valence-electron chi connectivity index (χ0n) is 17.8. The molecule has 158 valence electrons. The number of aliphatic hydroxyl groups is 1. The average molecular weight is 382 g/mol. The van der Waals surface area contributed by atoms with Crippen LogP contribution in [0.25, 0.3) is 0 Å². The van der Waals surface area contributed by atoms with Crippen LogP contribution in [0.2, 0.25) is 0 Å².